The van der Waals surface area contributed by atoms with Gasteiger partial charge < -0.3 is 11.1 Å². The number of carbonyl (C=O) groups excluding carboxylic acids is 1. The molecule has 3 unspecified atom stereocenters. The summed E-state index contributed by atoms with van der Waals surface area (Å²) in [4.78, 5) is 11.3. The van der Waals surface area contributed by atoms with Gasteiger partial charge in [-0.05, 0) is 12.8 Å². The minimum Gasteiger partial charge on any atom is -0.351 e. The van der Waals surface area contributed by atoms with Gasteiger partial charge in [-0.1, -0.05) is 6.92 Å². The Hall–Kier alpha value is -0.420. The van der Waals surface area contributed by atoms with Crippen molar-refractivity contribution < 1.29 is 9.00 Å². The van der Waals surface area contributed by atoms with Crippen LogP contribution >= 0.6 is 0 Å². The first kappa shape index (κ1) is 10.7. The van der Waals surface area contributed by atoms with Crippen LogP contribution in [0.4, 0.5) is 0 Å². The summed E-state index contributed by atoms with van der Waals surface area (Å²) in [5.41, 5.74) is 5.54. The van der Waals surface area contributed by atoms with Gasteiger partial charge in [0.15, 0.2) is 0 Å². The van der Waals surface area contributed by atoms with Crippen LogP contribution in [0.25, 0.3) is 0 Å². The fraction of sp³-hybridized carbons (Fsp3) is 0.875. The summed E-state index contributed by atoms with van der Waals surface area (Å²) in [5, 5.41) is 2.80. The number of amides is 1. The highest BCUT2D eigenvalue weighted by molar-refractivity contribution is 7.85. The van der Waals surface area contributed by atoms with Gasteiger partial charge in [-0.15, -0.1) is 0 Å². The quantitative estimate of drug-likeness (QED) is 0.642. The predicted molar refractivity (Wildman–Crippen MR) is 52.7 cm³/mol. The second kappa shape index (κ2) is 4.72. The lowest BCUT2D eigenvalue weighted by Gasteiger charge is -2.14. The van der Waals surface area contributed by atoms with E-state index >= 15 is 0 Å². The fourth-order valence-corrected chi connectivity index (χ4v) is 2.69. The highest BCUT2D eigenvalue weighted by Gasteiger charge is 2.23. The number of nitrogens with one attached hydrogen (secondary N) is 1. The van der Waals surface area contributed by atoms with Crippen LogP contribution in [0.3, 0.4) is 0 Å². The zero-order valence-corrected chi connectivity index (χ0v) is 8.60. The molecular formula is C8H16N2O2S. The molecule has 0 aromatic rings. The summed E-state index contributed by atoms with van der Waals surface area (Å²) in [6, 6.07) is -0.347. The zero-order valence-electron chi connectivity index (χ0n) is 7.79. The van der Waals surface area contributed by atoms with Crippen LogP contribution in [0.5, 0.6) is 0 Å². The van der Waals surface area contributed by atoms with Crippen molar-refractivity contribution in [2.24, 2.45) is 5.73 Å². The summed E-state index contributed by atoms with van der Waals surface area (Å²) in [6.45, 7) is 1.87. The molecule has 1 aliphatic rings. The largest absolute Gasteiger partial charge is 0.351 e. The van der Waals surface area contributed by atoms with Gasteiger partial charge in [0.25, 0.3) is 0 Å². The molecule has 0 bridgehead atoms. The van der Waals surface area contributed by atoms with Crippen LogP contribution < -0.4 is 11.1 Å². The molecule has 76 valence electrons. The Morgan fingerprint density at radius 2 is 2.46 bits per heavy atom. The first-order chi connectivity index (χ1) is 6.13. The van der Waals surface area contributed by atoms with E-state index in [0.29, 0.717) is 17.9 Å². The second-order valence-electron chi connectivity index (χ2n) is 3.32. The summed E-state index contributed by atoms with van der Waals surface area (Å²) < 4.78 is 11.0. The van der Waals surface area contributed by atoms with Crippen molar-refractivity contribution in [2.75, 3.05) is 11.5 Å². The number of carbonyl (C=O) groups is 1. The van der Waals surface area contributed by atoms with Crippen molar-refractivity contribution in [1.82, 2.24) is 5.32 Å². The Morgan fingerprint density at radius 1 is 1.77 bits per heavy atom. The third kappa shape index (κ3) is 3.08. The van der Waals surface area contributed by atoms with E-state index in [-0.39, 0.29) is 11.9 Å². The van der Waals surface area contributed by atoms with Gasteiger partial charge in [-0.3, -0.25) is 9.00 Å². The molecular weight excluding hydrogens is 188 g/mol. The van der Waals surface area contributed by atoms with Crippen LogP contribution in [0.1, 0.15) is 19.8 Å². The van der Waals surface area contributed by atoms with E-state index in [9.17, 15) is 9.00 Å². The third-order valence-electron chi connectivity index (χ3n) is 2.20. The van der Waals surface area contributed by atoms with Gasteiger partial charge >= 0.3 is 0 Å². The van der Waals surface area contributed by atoms with Crippen molar-refractivity contribution in [3.05, 3.63) is 0 Å². The van der Waals surface area contributed by atoms with E-state index < -0.39 is 16.8 Å². The van der Waals surface area contributed by atoms with E-state index in [1.54, 1.807) is 0 Å². The summed E-state index contributed by atoms with van der Waals surface area (Å²) in [7, 11) is -0.740. The molecule has 0 saturated carbocycles. The Kier molecular flexibility index (Phi) is 3.87. The molecule has 13 heavy (non-hydrogen) atoms. The Morgan fingerprint density at radius 3 is 2.92 bits per heavy atom. The highest BCUT2D eigenvalue weighted by atomic mass is 32.2. The van der Waals surface area contributed by atoms with Crippen molar-refractivity contribution in [3.8, 4) is 0 Å². The maximum atomic E-state index is 11.3. The lowest BCUT2D eigenvalue weighted by molar-refractivity contribution is -0.122. The molecule has 1 fully saturated rings. The summed E-state index contributed by atoms with van der Waals surface area (Å²) in [6.07, 6.45) is 1.45. The molecule has 1 saturated heterocycles. The number of rotatable bonds is 3. The van der Waals surface area contributed by atoms with Crippen molar-refractivity contribution in [1.29, 1.82) is 0 Å². The number of nitrogens with two attached hydrogens (primary N) is 1. The molecule has 0 radical (unpaired) electrons. The monoisotopic (exact) mass is 204 g/mol. The van der Waals surface area contributed by atoms with Crippen LogP contribution in [-0.4, -0.2) is 33.7 Å². The minimum atomic E-state index is -0.740. The van der Waals surface area contributed by atoms with Crippen LogP contribution in [0.15, 0.2) is 0 Å². The van der Waals surface area contributed by atoms with Crippen LogP contribution in [-0.2, 0) is 15.6 Å². The minimum absolute atomic E-state index is 0.0749. The average Bonchev–Trinajstić information content (AvgIpc) is 2.49. The average molecular weight is 204 g/mol. The van der Waals surface area contributed by atoms with E-state index in [2.05, 4.69) is 5.32 Å². The Bertz CT molecular complexity index is 220. The molecule has 1 aliphatic heterocycles. The summed E-state index contributed by atoms with van der Waals surface area (Å²) >= 11 is 0. The van der Waals surface area contributed by atoms with Gasteiger partial charge in [-0.25, -0.2) is 0 Å². The maximum Gasteiger partial charge on any atom is 0.237 e. The first-order valence-electron chi connectivity index (χ1n) is 4.54. The standard InChI is InChI=1S/C8H16N2O2S/c1-2-7(9)8(11)10-6-3-4-13(12)5-6/h6-7H,2-5,9H2,1H3,(H,10,11). The van der Waals surface area contributed by atoms with Gasteiger partial charge in [-0.2, -0.15) is 0 Å². The van der Waals surface area contributed by atoms with Gasteiger partial charge in [0.2, 0.25) is 5.91 Å². The van der Waals surface area contributed by atoms with E-state index in [0.717, 1.165) is 6.42 Å². The molecule has 1 amide bonds. The molecule has 3 atom stereocenters. The van der Waals surface area contributed by atoms with Crippen molar-refractivity contribution in [2.45, 2.75) is 31.8 Å². The zero-order chi connectivity index (χ0) is 9.84. The van der Waals surface area contributed by atoms with E-state index in [1.165, 1.54) is 0 Å². The molecule has 5 heteroatoms. The topological polar surface area (TPSA) is 72.2 Å². The first-order valence-corrected chi connectivity index (χ1v) is 6.03. The predicted octanol–water partition coefficient (Wildman–Crippen LogP) is -0.639. The Balaban J connectivity index is 2.32. The normalized spacial score (nSPS) is 30.0. The van der Waals surface area contributed by atoms with E-state index in [4.69, 9.17) is 5.73 Å². The van der Waals surface area contributed by atoms with Crippen LogP contribution in [0, 0.1) is 0 Å². The van der Waals surface area contributed by atoms with E-state index in [1.807, 2.05) is 6.92 Å². The molecule has 0 aromatic carbocycles. The second-order valence-corrected chi connectivity index (χ2v) is 4.94. The molecule has 1 rings (SSSR count). The Labute approximate surface area is 80.7 Å². The molecule has 3 N–H and O–H groups in total. The van der Waals surface area contributed by atoms with Gasteiger partial charge in [0.1, 0.15) is 0 Å². The molecule has 0 spiro atoms. The van der Waals surface area contributed by atoms with Crippen molar-refractivity contribution >= 4 is 16.7 Å². The maximum absolute atomic E-state index is 11.3. The molecule has 4 nitrogen and oxygen atoms in total. The number of hydrogen-bond donors (Lipinski definition) is 2. The van der Waals surface area contributed by atoms with Crippen molar-refractivity contribution in [3.63, 3.8) is 0 Å². The smallest absolute Gasteiger partial charge is 0.237 e. The fourth-order valence-electron chi connectivity index (χ4n) is 1.27. The lowest BCUT2D eigenvalue weighted by atomic mass is 10.2. The molecule has 0 aliphatic carbocycles. The van der Waals surface area contributed by atoms with Gasteiger partial charge in [0, 0.05) is 28.3 Å². The summed E-state index contributed by atoms with van der Waals surface area (Å²) in [5.74, 6) is 1.17. The number of hydrogen-bond acceptors (Lipinski definition) is 3. The van der Waals surface area contributed by atoms with Gasteiger partial charge in [0.05, 0.1) is 6.04 Å². The SMILES string of the molecule is CCC(N)C(=O)NC1CCS(=O)C1. The molecule has 1 heterocycles. The van der Waals surface area contributed by atoms with Crippen LogP contribution in [0.2, 0.25) is 0 Å². The third-order valence-corrected chi connectivity index (χ3v) is 3.67. The highest BCUT2D eigenvalue weighted by Crippen LogP contribution is 2.07. The molecule has 0 aromatic heterocycles. The lowest BCUT2D eigenvalue weighted by Crippen LogP contribution is -2.45.